The molecule has 17 heavy (non-hydrogen) atoms. The Morgan fingerprint density at radius 3 is 2.47 bits per heavy atom. The van der Waals surface area contributed by atoms with Crippen LogP contribution in [0.4, 0.5) is 0 Å². The Hall–Kier alpha value is -1.02. The van der Waals surface area contributed by atoms with Gasteiger partial charge in [-0.25, -0.2) is 0 Å². The second kappa shape index (κ2) is 5.09. The minimum absolute atomic E-state index is 0.0255. The van der Waals surface area contributed by atoms with Crippen LogP contribution < -0.4 is 0 Å². The van der Waals surface area contributed by atoms with E-state index in [1.165, 1.54) is 0 Å². The Morgan fingerprint density at radius 1 is 1.41 bits per heavy atom. The van der Waals surface area contributed by atoms with E-state index in [1.54, 1.807) is 26.0 Å². The van der Waals surface area contributed by atoms with Crippen molar-refractivity contribution in [3.63, 3.8) is 0 Å². The number of phenolic OH excluding ortho intramolecular Hbond substituents is 1. The molecule has 0 heterocycles. The maximum Gasteiger partial charge on any atom is 0.173 e. The third kappa shape index (κ3) is 3.01. The van der Waals surface area contributed by atoms with Gasteiger partial charge in [-0.1, -0.05) is 33.8 Å². The number of aromatic hydroxyl groups is 1. The Labute approximate surface area is 108 Å². The fourth-order valence-corrected chi connectivity index (χ4v) is 1.64. The molecule has 0 aliphatic carbocycles. The summed E-state index contributed by atoms with van der Waals surface area (Å²) in [6, 6.07) is 5.17. The van der Waals surface area contributed by atoms with Crippen molar-refractivity contribution in [1.82, 2.24) is 0 Å². The van der Waals surface area contributed by atoms with Crippen molar-refractivity contribution in [3.05, 3.63) is 29.3 Å². The Bertz CT molecular complexity index is 422. The molecule has 0 aromatic heterocycles. The van der Waals surface area contributed by atoms with Crippen LogP contribution in [0.1, 0.15) is 49.5 Å². The highest BCUT2D eigenvalue weighted by Gasteiger charge is 2.29. The maximum atomic E-state index is 12.2. The van der Waals surface area contributed by atoms with Gasteiger partial charge in [0.05, 0.1) is 5.56 Å². The Balaban J connectivity index is 3.22. The molecule has 0 saturated heterocycles. The molecule has 0 aliphatic rings. The van der Waals surface area contributed by atoms with Crippen LogP contribution in [-0.4, -0.2) is 16.8 Å². The van der Waals surface area contributed by atoms with Gasteiger partial charge in [0.25, 0.3) is 0 Å². The van der Waals surface area contributed by atoms with Crippen LogP contribution in [0.5, 0.6) is 5.75 Å². The normalized spacial score (nSPS) is 11.9. The van der Waals surface area contributed by atoms with Crippen LogP contribution in [0.25, 0.3) is 0 Å². The van der Waals surface area contributed by atoms with Gasteiger partial charge in [0.1, 0.15) is 5.75 Å². The fraction of sp³-hybridized carbons (Fsp3) is 0.500. The van der Waals surface area contributed by atoms with Gasteiger partial charge in [0.2, 0.25) is 0 Å². The summed E-state index contributed by atoms with van der Waals surface area (Å²) >= 11 is 5.79. The molecule has 0 unspecified atom stereocenters. The monoisotopic (exact) mass is 254 g/mol. The molecule has 0 atom stereocenters. The van der Waals surface area contributed by atoms with Crippen molar-refractivity contribution in [2.45, 2.75) is 33.6 Å². The fourth-order valence-electron chi connectivity index (χ4n) is 1.52. The second-order valence-corrected chi connectivity index (χ2v) is 5.55. The average Bonchev–Trinajstić information content (AvgIpc) is 2.28. The molecule has 1 aromatic rings. The first kappa shape index (κ1) is 14.0. The minimum atomic E-state index is -0.658. The molecule has 0 amide bonds. The van der Waals surface area contributed by atoms with E-state index in [-0.39, 0.29) is 17.4 Å². The van der Waals surface area contributed by atoms with Crippen LogP contribution in [0.15, 0.2) is 18.2 Å². The largest absolute Gasteiger partial charge is 0.507 e. The zero-order valence-corrected chi connectivity index (χ0v) is 11.5. The van der Waals surface area contributed by atoms with Crippen LogP contribution in [0, 0.1) is 5.41 Å². The van der Waals surface area contributed by atoms with Crippen molar-refractivity contribution in [3.8, 4) is 5.75 Å². The molecule has 0 aliphatic heterocycles. The second-order valence-electron chi connectivity index (χ2n) is 5.28. The van der Waals surface area contributed by atoms with Gasteiger partial charge in [0, 0.05) is 11.3 Å². The molecule has 0 saturated carbocycles. The number of rotatable bonds is 4. The van der Waals surface area contributed by atoms with E-state index in [9.17, 15) is 9.90 Å². The van der Waals surface area contributed by atoms with E-state index < -0.39 is 5.41 Å². The molecule has 1 N–H and O–H groups in total. The van der Waals surface area contributed by atoms with Crippen LogP contribution >= 0.6 is 11.6 Å². The van der Waals surface area contributed by atoms with E-state index in [4.69, 9.17) is 11.6 Å². The SMILES string of the molecule is CC(C)c1ccc(O)c(C(=O)C(C)(C)CCl)c1. The summed E-state index contributed by atoms with van der Waals surface area (Å²) in [5, 5.41) is 9.78. The van der Waals surface area contributed by atoms with Crippen molar-refractivity contribution >= 4 is 17.4 Å². The zero-order valence-electron chi connectivity index (χ0n) is 10.7. The molecule has 0 spiro atoms. The van der Waals surface area contributed by atoms with E-state index >= 15 is 0 Å². The summed E-state index contributed by atoms with van der Waals surface area (Å²) in [5.41, 5.74) is 0.743. The summed E-state index contributed by atoms with van der Waals surface area (Å²) < 4.78 is 0. The first-order valence-electron chi connectivity index (χ1n) is 5.73. The first-order valence-corrected chi connectivity index (χ1v) is 6.26. The molecule has 0 bridgehead atoms. The molecule has 0 radical (unpaired) electrons. The molecule has 2 nitrogen and oxygen atoms in total. The van der Waals surface area contributed by atoms with E-state index in [2.05, 4.69) is 0 Å². The number of benzene rings is 1. The van der Waals surface area contributed by atoms with Crippen LogP contribution in [-0.2, 0) is 0 Å². The lowest BCUT2D eigenvalue weighted by Crippen LogP contribution is -2.26. The van der Waals surface area contributed by atoms with Crippen LogP contribution in [0.2, 0.25) is 0 Å². The van der Waals surface area contributed by atoms with Crippen molar-refractivity contribution in [1.29, 1.82) is 0 Å². The highest BCUT2D eigenvalue weighted by molar-refractivity contribution is 6.21. The molecule has 0 fully saturated rings. The minimum Gasteiger partial charge on any atom is -0.507 e. The predicted molar refractivity (Wildman–Crippen MR) is 71.0 cm³/mol. The predicted octanol–water partition coefficient (Wildman–Crippen LogP) is 3.96. The van der Waals surface area contributed by atoms with E-state index in [0.29, 0.717) is 11.5 Å². The first-order chi connectivity index (χ1) is 7.79. The molecule has 3 heteroatoms. The van der Waals surface area contributed by atoms with Gasteiger partial charge in [-0.15, -0.1) is 11.6 Å². The number of hydrogen-bond acceptors (Lipinski definition) is 2. The van der Waals surface area contributed by atoms with Crippen LogP contribution in [0.3, 0.4) is 0 Å². The number of phenols is 1. The molecule has 1 rings (SSSR count). The van der Waals surface area contributed by atoms with Gasteiger partial charge in [-0.2, -0.15) is 0 Å². The highest BCUT2D eigenvalue weighted by atomic mass is 35.5. The van der Waals surface area contributed by atoms with Gasteiger partial charge in [0.15, 0.2) is 5.78 Å². The topological polar surface area (TPSA) is 37.3 Å². The van der Waals surface area contributed by atoms with Crippen molar-refractivity contribution < 1.29 is 9.90 Å². The van der Waals surface area contributed by atoms with Crippen molar-refractivity contribution in [2.24, 2.45) is 5.41 Å². The number of Topliss-reactive ketones (excluding diaryl/α,β-unsaturated/α-hetero) is 1. The van der Waals surface area contributed by atoms with E-state index in [0.717, 1.165) is 5.56 Å². The summed E-state index contributed by atoms with van der Waals surface area (Å²) in [6.45, 7) is 7.66. The number of halogens is 1. The van der Waals surface area contributed by atoms with Gasteiger partial charge < -0.3 is 5.11 Å². The Kier molecular flexibility index (Phi) is 4.21. The molecule has 1 aromatic carbocycles. The molecular formula is C14H19ClO2. The highest BCUT2D eigenvalue weighted by Crippen LogP contribution is 2.30. The molecular weight excluding hydrogens is 236 g/mol. The third-order valence-corrected chi connectivity index (χ3v) is 3.55. The quantitative estimate of drug-likeness (QED) is 0.652. The lowest BCUT2D eigenvalue weighted by molar-refractivity contribution is 0.0859. The van der Waals surface area contributed by atoms with Crippen molar-refractivity contribution in [2.75, 3.05) is 5.88 Å². The lowest BCUT2D eigenvalue weighted by Gasteiger charge is -2.21. The van der Waals surface area contributed by atoms with Gasteiger partial charge in [-0.3, -0.25) is 4.79 Å². The number of ketones is 1. The number of alkyl halides is 1. The smallest absolute Gasteiger partial charge is 0.173 e. The zero-order chi connectivity index (χ0) is 13.2. The molecule has 94 valence electrons. The van der Waals surface area contributed by atoms with E-state index in [1.807, 2.05) is 19.9 Å². The van der Waals surface area contributed by atoms with Gasteiger partial charge >= 0.3 is 0 Å². The summed E-state index contributed by atoms with van der Waals surface area (Å²) in [5.74, 6) is 0.461. The standard InChI is InChI=1S/C14H19ClO2/c1-9(2)10-5-6-12(16)11(7-10)13(17)14(3,4)8-15/h5-7,9,16H,8H2,1-4H3. The summed E-state index contributed by atoms with van der Waals surface area (Å²) in [7, 11) is 0. The third-order valence-electron chi connectivity index (χ3n) is 2.88. The number of carbonyl (C=O) groups is 1. The van der Waals surface area contributed by atoms with Gasteiger partial charge in [-0.05, 0) is 23.6 Å². The number of carbonyl (C=O) groups excluding carboxylic acids is 1. The Morgan fingerprint density at radius 2 is 2.00 bits per heavy atom. The summed E-state index contributed by atoms with van der Waals surface area (Å²) in [6.07, 6.45) is 0. The lowest BCUT2D eigenvalue weighted by atomic mass is 9.84. The number of hydrogen-bond donors (Lipinski definition) is 1. The summed E-state index contributed by atoms with van der Waals surface area (Å²) in [4.78, 5) is 12.2. The average molecular weight is 255 g/mol. The maximum absolute atomic E-state index is 12.2.